The Morgan fingerprint density at radius 2 is 2.00 bits per heavy atom. The largest absolute Gasteiger partial charge is 0.465 e. The molecule has 1 aliphatic carbocycles. The van der Waals surface area contributed by atoms with Gasteiger partial charge in [0.1, 0.15) is 11.7 Å². The van der Waals surface area contributed by atoms with E-state index in [1.54, 1.807) is 11.8 Å². The van der Waals surface area contributed by atoms with Crippen molar-refractivity contribution in [3.05, 3.63) is 30.3 Å². The highest BCUT2D eigenvalue weighted by atomic mass is 16.5. The molecule has 5 nitrogen and oxygen atoms in total. The van der Waals surface area contributed by atoms with Crippen LogP contribution in [0.5, 0.6) is 0 Å². The Balaban J connectivity index is 1.72. The van der Waals surface area contributed by atoms with Crippen molar-refractivity contribution in [3.63, 3.8) is 0 Å². The van der Waals surface area contributed by atoms with E-state index in [0.717, 1.165) is 5.69 Å². The molecule has 1 saturated carbocycles. The Bertz CT molecular complexity index is 627. The van der Waals surface area contributed by atoms with E-state index >= 15 is 0 Å². The van der Waals surface area contributed by atoms with E-state index in [1.165, 1.54) is 0 Å². The number of ketones is 1. The molecule has 1 aromatic rings. The Kier molecular flexibility index (Phi) is 4.20. The first kappa shape index (κ1) is 15.7. The van der Waals surface area contributed by atoms with Crippen molar-refractivity contribution >= 4 is 23.3 Å². The summed E-state index contributed by atoms with van der Waals surface area (Å²) in [6.45, 7) is 2.57. The minimum absolute atomic E-state index is 0.0542. The molecule has 0 N–H and O–H groups in total. The molecular formula is C18H21NO4. The molecule has 1 saturated heterocycles. The van der Waals surface area contributed by atoms with Gasteiger partial charge in [-0.3, -0.25) is 14.4 Å². The maximum atomic E-state index is 12.4. The quantitative estimate of drug-likeness (QED) is 0.634. The second-order valence-electron chi connectivity index (χ2n) is 6.48. The second-order valence-corrected chi connectivity index (χ2v) is 6.48. The van der Waals surface area contributed by atoms with Crippen molar-refractivity contribution in [2.75, 3.05) is 18.1 Å². The summed E-state index contributed by atoms with van der Waals surface area (Å²) in [6.07, 6.45) is 1.85. The summed E-state index contributed by atoms with van der Waals surface area (Å²) in [4.78, 5) is 38.4. The summed E-state index contributed by atoms with van der Waals surface area (Å²) < 4.78 is 4.98. The molecule has 2 aliphatic rings. The fourth-order valence-electron chi connectivity index (χ4n) is 3.71. The first-order valence-electron chi connectivity index (χ1n) is 8.09. The van der Waals surface area contributed by atoms with Gasteiger partial charge in [-0.05, 0) is 31.9 Å². The first-order valence-corrected chi connectivity index (χ1v) is 8.09. The van der Waals surface area contributed by atoms with E-state index in [9.17, 15) is 14.4 Å². The van der Waals surface area contributed by atoms with Crippen LogP contribution in [0.1, 0.15) is 32.6 Å². The van der Waals surface area contributed by atoms with Gasteiger partial charge in [0, 0.05) is 30.5 Å². The molecule has 3 rings (SSSR count). The standard InChI is InChI=1S/C18H21NO4/c1-2-23-17(22)14-8-9-18(10-15(14)20)11-16(21)19(12-18)13-6-4-3-5-7-13/h3-7,14H,2,8-12H2,1H3. The lowest BCUT2D eigenvalue weighted by Crippen LogP contribution is -2.40. The summed E-state index contributed by atoms with van der Waals surface area (Å²) in [5.74, 6) is -1.10. The first-order chi connectivity index (χ1) is 11.0. The molecule has 2 fully saturated rings. The lowest BCUT2D eigenvalue weighted by atomic mass is 9.69. The van der Waals surface area contributed by atoms with E-state index in [4.69, 9.17) is 4.74 Å². The highest BCUT2D eigenvalue weighted by Gasteiger charge is 2.49. The van der Waals surface area contributed by atoms with E-state index < -0.39 is 11.9 Å². The van der Waals surface area contributed by atoms with Crippen LogP contribution in [0, 0.1) is 11.3 Å². The summed E-state index contributed by atoms with van der Waals surface area (Å²) in [6, 6.07) is 9.52. The predicted octanol–water partition coefficient (Wildman–Crippen LogP) is 2.34. The molecule has 1 aliphatic heterocycles. The lowest BCUT2D eigenvalue weighted by molar-refractivity contribution is -0.154. The summed E-state index contributed by atoms with van der Waals surface area (Å²) in [5, 5.41) is 0. The van der Waals surface area contributed by atoms with Crippen molar-refractivity contribution in [1.82, 2.24) is 0 Å². The van der Waals surface area contributed by atoms with Gasteiger partial charge >= 0.3 is 5.97 Å². The van der Waals surface area contributed by atoms with Gasteiger partial charge in [0.25, 0.3) is 0 Å². The van der Waals surface area contributed by atoms with Crippen LogP contribution < -0.4 is 4.90 Å². The fraction of sp³-hybridized carbons (Fsp3) is 0.500. The molecule has 1 spiro atoms. The number of benzene rings is 1. The molecule has 122 valence electrons. The maximum absolute atomic E-state index is 12.4. The molecule has 1 heterocycles. The molecule has 2 unspecified atom stereocenters. The van der Waals surface area contributed by atoms with Crippen molar-refractivity contribution < 1.29 is 19.1 Å². The summed E-state index contributed by atoms with van der Waals surface area (Å²) in [5.41, 5.74) is 0.543. The van der Waals surface area contributed by atoms with Crippen molar-refractivity contribution in [1.29, 1.82) is 0 Å². The fourth-order valence-corrected chi connectivity index (χ4v) is 3.71. The van der Waals surface area contributed by atoms with Crippen LogP contribution in [-0.4, -0.2) is 30.8 Å². The van der Waals surface area contributed by atoms with Crippen molar-refractivity contribution in [2.24, 2.45) is 11.3 Å². The number of esters is 1. The van der Waals surface area contributed by atoms with E-state index in [1.807, 2.05) is 30.3 Å². The monoisotopic (exact) mass is 315 g/mol. The zero-order valence-electron chi connectivity index (χ0n) is 13.3. The number of Topliss-reactive ketones (excluding diaryl/α,β-unsaturated/α-hetero) is 1. The Morgan fingerprint density at radius 1 is 1.26 bits per heavy atom. The molecule has 5 heteroatoms. The average Bonchev–Trinajstić information content (AvgIpc) is 2.84. The van der Waals surface area contributed by atoms with Gasteiger partial charge in [-0.2, -0.15) is 0 Å². The van der Waals surface area contributed by atoms with Gasteiger partial charge in [0.2, 0.25) is 5.91 Å². The number of para-hydroxylation sites is 1. The summed E-state index contributed by atoms with van der Waals surface area (Å²) >= 11 is 0. The van der Waals surface area contributed by atoms with Crippen molar-refractivity contribution in [3.8, 4) is 0 Å². The van der Waals surface area contributed by atoms with Gasteiger partial charge in [-0.15, -0.1) is 0 Å². The molecule has 1 aromatic carbocycles. The Hall–Kier alpha value is -2.17. The summed E-state index contributed by atoms with van der Waals surface area (Å²) in [7, 11) is 0. The third-order valence-electron chi connectivity index (χ3n) is 4.86. The van der Waals surface area contributed by atoms with Crippen LogP contribution in [0.4, 0.5) is 5.69 Å². The molecule has 0 aromatic heterocycles. The third kappa shape index (κ3) is 3.00. The van der Waals surface area contributed by atoms with Crippen LogP contribution in [0.3, 0.4) is 0 Å². The maximum Gasteiger partial charge on any atom is 0.316 e. The Morgan fingerprint density at radius 3 is 2.65 bits per heavy atom. The normalized spacial score (nSPS) is 27.5. The van der Waals surface area contributed by atoms with Crippen LogP contribution in [-0.2, 0) is 19.1 Å². The zero-order chi connectivity index (χ0) is 16.4. The molecule has 23 heavy (non-hydrogen) atoms. The van der Waals surface area contributed by atoms with Crippen LogP contribution in [0.25, 0.3) is 0 Å². The average molecular weight is 315 g/mol. The number of hydrogen-bond acceptors (Lipinski definition) is 4. The van der Waals surface area contributed by atoms with Crippen LogP contribution in [0.15, 0.2) is 30.3 Å². The van der Waals surface area contributed by atoms with Gasteiger partial charge < -0.3 is 9.64 Å². The third-order valence-corrected chi connectivity index (χ3v) is 4.86. The lowest BCUT2D eigenvalue weighted by Gasteiger charge is -2.34. The van der Waals surface area contributed by atoms with E-state index in [2.05, 4.69) is 0 Å². The van der Waals surface area contributed by atoms with Crippen LogP contribution in [0.2, 0.25) is 0 Å². The minimum Gasteiger partial charge on any atom is -0.465 e. The Labute approximate surface area is 135 Å². The van der Waals surface area contributed by atoms with E-state index in [0.29, 0.717) is 25.8 Å². The van der Waals surface area contributed by atoms with Gasteiger partial charge in [0.05, 0.1) is 6.61 Å². The van der Waals surface area contributed by atoms with E-state index in [-0.39, 0.29) is 30.1 Å². The van der Waals surface area contributed by atoms with Gasteiger partial charge in [-0.1, -0.05) is 18.2 Å². The minimum atomic E-state index is -0.651. The predicted molar refractivity (Wildman–Crippen MR) is 84.8 cm³/mol. The number of hydrogen-bond donors (Lipinski definition) is 0. The van der Waals surface area contributed by atoms with Crippen molar-refractivity contribution in [2.45, 2.75) is 32.6 Å². The van der Waals surface area contributed by atoms with Crippen LogP contribution >= 0.6 is 0 Å². The zero-order valence-corrected chi connectivity index (χ0v) is 13.3. The molecule has 0 radical (unpaired) electrons. The molecular weight excluding hydrogens is 294 g/mol. The highest BCUT2D eigenvalue weighted by molar-refractivity contribution is 6.02. The number of carbonyl (C=O) groups excluding carboxylic acids is 3. The van der Waals surface area contributed by atoms with Gasteiger partial charge in [-0.25, -0.2) is 0 Å². The number of rotatable bonds is 3. The number of carbonyl (C=O) groups is 3. The SMILES string of the molecule is CCOC(=O)C1CCC2(CC1=O)CC(=O)N(c1ccccc1)C2. The molecule has 2 atom stereocenters. The second kappa shape index (κ2) is 6.14. The molecule has 0 bridgehead atoms. The molecule has 1 amide bonds. The highest BCUT2D eigenvalue weighted by Crippen LogP contribution is 2.45. The van der Waals surface area contributed by atoms with Gasteiger partial charge in [0.15, 0.2) is 0 Å². The number of ether oxygens (including phenoxy) is 1. The number of amides is 1. The topological polar surface area (TPSA) is 63.7 Å². The number of anilines is 1. The number of nitrogens with zero attached hydrogens (tertiary/aromatic N) is 1. The smallest absolute Gasteiger partial charge is 0.316 e.